The molecule has 0 saturated carbocycles. The van der Waals surface area contributed by atoms with Crippen molar-refractivity contribution in [3.8, 4) is 5.75 Å². The van der Waals surface area contributed by atoms with Crippen molar-refractivity contribution in [1.82, 2.24) is 10.6 Å². The maximum Gasteiger partial charge on any atom is 0.250 e. The molecule has 0 aromatic heterocycles. The van der Waals surface area contributed by atoms with E-state index in [9.17, 15) is 4.79 Å². The summed E-state index contributed by atoms with van der Waals surface area (Å²) in [6.07, 6.45) is 0.382. The van der Waals surface area contributed by atoms with Gasteiger partial charge in [-0.05, 0) is 25.0 Å². The molecule has 21 heavy (non-hydrogen) atoms. The topological polar surface area (TPSA) is 59.6 Å². The maximum absolute atomic E-state index is 11.9. The van der Waals surface area contributed by atoms with E-state index in [-0.39, 0.29) is 24.4 Å². The lowest BCUT2D eigenvalue weighted by molar-refractivity contribution is -0.134. The van der Waals surface area contributed by atoms with Crippen molar-refractivity contribution in [3.63, 3.8) is 0 Å². The Morgan fingerprint density at radius 1 is 1.48 bits per heavy atom. The zero-order chi connectivity index (χ0) is 14.2. The molecule has 6 heteroatoms. The van der Waals surface area contributed by atoms with Crippen molar-refractivity contribution in [2.75, 3.05) is 32.8 Å². The van der Waals surface area contributed by atoms with Gasteiger partial charge in [0.2, 0.25) is 5.91 Å². The van der Waals surface area contributed by atoms with Crippen LogP contribution in [-0.2, 0) is 16.0 Å². The van der Waals surface area contributed by atoms with Crippen molar-refractivity contribution in [2.45, 2.75) is 19.4 Å². The van der Waals surface area contributed by atoms with Crippen molar-refractivity contribution in [2.24, 2.45) is 0 Å². The van der Waals surface area contributed by atoms with Gasteiger partial charge in [-0.2, -0.15) is 0 Å². The molecule has 1 amide bonds. The summed E-state index contributed by atoms with van der Waals surface area (Å²) in [5.41, 5.74) is 1.11. The Morgan fingerprint density at radius 2 is 2.29 bits per heavy atom. The third-order valence-electron chi connectivity index (χ3n) is 3.19. The first kappa shape index (κ1) is 17.8. The molecule has 1 atom stereocenters. The number of para-hydroxylation sites is 1. The van der Waals surface area contributed by atoms with E-state index in [1.165, 1.54) is 0 Å². The second kappa shape index (κ2) is 9.60. The molecule has 1 aromatic rings. The summed E-state index contributed by atoms with van der Waals surface area (Å²) in [6.45, 7) is 5.18. The number of morpholine rings is 1. The van der Waals surface area contributed by atoms with Crippen molar-refractivity contribution >= 4 is 18.3 Å². The maximum atomic E-state index is 11.9. The molecule has 1 fully saturated rings. The van der Waals surface area contributed by atoms with E-state index in [0.717, 1.165) is 24.3 Å². The molecule has 0 spiro atoms. The number of amides is 1. The standard InChI is InChI=1S/C15H22N2O3.ClH/c1-2-19-13-6-4-3-5-12(13)7-8-17-15(18)14-11-16-9-10-20-14;/h3-6,14,16H,2,7-11H2,1H3,(H,17,18);1H. The van der Waals surface area contributed by atoms with Crippen LogP contribution in [-0.4, -0.2) is 44.9 Å². The number of hydrogen-bond donors (Lipinski definition) is 2. The van der Waals surface area contributed by atoms with Crippen LogP contribution < -0.4 is 15.4 Å². The highest BCUT2D eigenvalue weighted by Gasteiger charge is 2.21. The number of nitrogens with one attached hydrogen (secondary N) is 2. The molecule has 1 aliphatic heterocycles. The Hall–Kier alpha value is -1.30. The molecule has 0 radical (unpaired) electrons. The van der Waals surface area contributed by atoms with Gasteiger partial charge in [0.05, 0.1) is 13.2 Å². The van der Waals surface area contributed by atoms with E-state index in [1.54, 1.807) is 0 Å². The molecule has 2 N–H and O–H groups in total. The Balaban J connectivity index is 0.00000220. The minimum Gasteiger partial charge on any atom is -0.494 e. The molecule has 1 heterocycles. The summed E-state index contributed by atoms with van der Waals surface area (Å²) in [4.78, 5) is 11.9. The largest absolute Gasteiger partial charge is 0.494 e. The summed E-state index contributed by atoms with van der Waals surface area (Å²) in [5, 5.41) is 6.05. The van der Waals surface area contributed by atoms with Gasteiger partial charge in [-0.25, -0.2) is 0 Å². The summed E-state index contributed by atoms with van der Waals surface area (Å²) in [5.74, 6) is 0.839. The van der Waals surface area contributed by atoms with E-state index in [1.807, 2.05) is 31.2 Å². The number of ether oxygens (including phenoxy) is 2. The fourth-order valence-corrected chi connectivity index (χ4v) is 2.17. The number of rotatable bonds is 6. The van der Waals surface area contributed by atoms with E-state index >= 15 is 0 Å². The molecule has 2 rings (SSSR count). The summed E-state index contributed by atoms with van der Waals surface area (Å²) in [7, 11) is 0. The van der Waals surface area contributed by atoms with Crippen molar-refractivity contribution in [3.05, 3.63) is 29.8 Å². The third kappa shape index (κ3) is 5.53. The number of benzene rings is 1. The second-order valence-corrected chi connectivity index (χ2v) is 4.65. The van der Waals surface area contributed by atoms with Crippen LogP contribution in [0.15, 0.2) is 24.3 Å². The van der Waals surface area contributed by atoms with Gasteiger partial charge in [-0.3, -0.25) is 4.79 Å². The van der Waals surface area contributed by atoms with E-state index in [0.29, 0.717) is 26.3 Å². The molecule has 1 saturated heterocycles. The molecule has 0 aliphatic carbocycles. The van der Waals surface area contributed by atoms with Crippen molar-refractivity contribution < 1.29 is 14.3 Å². The summed E-state index contributed by atoms with van der Waals surface area (Å²) >= 11 is 0. The number of hydrogen-bond acceptors (Lipinski definition) is 4. The molecule has 1 unspecified atom stereocenters. The number of carbonyl (C=O) groups excluding carboxylic acids is 1. The predicted molar refractivity (Wildman–Crippen MR) is 84.2 cm³/mol. The predicted octanol–water partition coefficient (Wildman–Crippen LogP) is 1.15. The van der Waals surface area contributed by atoms with Gasteiger partial charge < -0.3 is 20.1 Å². The minimum atomic E-state index is -0.370. The SMILES string of the molecule is CCOc1ccccc1CCNC(=O)C1CNCCO1.Cl. The average molecular weight is 315 g/mol. The van der Waals surface area contributed by atoms with E-state index in [4.69, 9.17) is 9.47 Å². The molecular formula is C15H23ClN2O3. The van der Waals surface area contributed by atoms with Crippen LogP contribution >= 0.6 is 12.4 Å². The van der Waals surface area contributed by atoms with Crippen LogP contribution in [0.1, 0.15) is 12.5 Å². The first-order valence-electron chi connectivity index (χ1n) is 7.12. The van der Waals surface area contributed by atoms with Gasteiger partial charge in [0.1, 0.15) is 11.9 Å². The lowest BCUT2D eigenvalue weighted by Gasteiger charge is -2.22. The second-order valence-electron chi connectivity index (χ2n) is 4.65. The molecule has 1 aromatic carbocycles. The molecule has 1 aliphatic rings. The normalized spacial score (nSPS) is 17.7. The molecular weight excluding hydrogens is 292 g/mol. The Morgan fingerprint density at radius 3 is 3.00 bits per heavy atom. The van der Waals surface area contributed by atoms with Crippen LogP contribution in [0.3, 0.4) is 0 Å². The quantitative estimate of drug-likeness (QED) is 0.827. The lowest BCUT2D eigenvalue weighted by Crippen LogP contribution is -2.48. The number of halogens is 1. The zero-order valence-electron chi connectivity index (χ0n) is 12.3. The summed E-state index contributed by atoms with van der Waals surface area (Å²) in [6, 6.07) is 7.91. The van der Waals surface area contributed by atoms with Gasteiger partial charge in [-0.1, -0.05) is 18.2 Å². The van der Waals surface area contributed by atoms with Gasteiger partial charge in [0.15, 0.2) is 0 Å². The highest BCUT2D eigenvalue weighted by molar-refractivity contribution is 5.85. The number of carbonyl (C=O) groups is 1. The average Bonchev–Trinajstić information content (AvgIpc) is 2.50. The third-order valence-corrected chi connectivity index (χ3v) is 3.19. The van der Waals surface area contributed by atoms with Gasteiger partial charge in [-0.15, -0.1) is 12.4 Å². The van der Waals surface area contributed by atoms with E-state index in [2.05, 4.69) is 10.6 Å². The van der Waals surface area contributed by atoms with Crippen LogP contribution in [0.25, 0.3) is 0 Å². The minimum absolute atomic E-state index is 0. The first-order chi connectivity index (χ1) is 9.81. The Bertz CT molecular complexity index is 437. The van der Waals surface area contributed by atoms with Crippen LogP contribution in [0, 0.1) is 0 Å². The fourth-order valence-electron chi connectivity index (χ4n) is 2.17. The fraction of sp³-hybridized carbons (Fsp3) is 0.533. The van der Waals surface area contributed by atoms with Crippen LogP contribution in [0.4, 0.5) is 0 Å². The van der Waals surface area contributed by atoms with Crippen LogP contribution in [0.5, 0.6) is 5.75 Å². The molecule has 118 valence electrons. The molecule has 5 nitrogen and oxygen atoms in total. The zero-order valence-corrected chi connectivity index (χ0v) is 13.1. The summed E-state index contributed by atoms with van der Waals surface area (Å²) < 4.78 is 11.0. The Kier molecular flexibility index (Phi) is 8.12. The van der Waals surface area contributed by atoms with Gasteiger partial charge in [0.25, 0.3) is 0 Å². The highest BCUT2D eigenvalue weighted by atomic mass is 35.5. The molecule has 0 bridgehead atoms. The van der Waals surface area contributed by atoms with Crippen LogP contribution in [0.2, 0.25) is 0 Å². The van der Waals surface area contributed by atoms with Gasteiger partial charge >= 0.3 is 0 Å². The Labute approximate surface area is 131 Å². The van der Waals surface area contributed by atoms with Gasteiger partial charge in [0, 0.05) is 19.6 Å². The first-order valence-corrected chi connectivity index (χ1v) is 7.12. The monoisotopic (exact) mass is 314 g/mol. The van der Waals surface area contributed by atoms with E-state index < -0.39 is 0 Å². The van der Waals surface area contributed by atoms with Crippen molar-refractivity contribution in [1.29, 1.82) is 0 Å². The highest BCUT2D eigenvalue weighted by Crippen LogP contribution is 2.17. The lowest BCUT2D eigenvalue weighted by atomic mass is 10.1. The smallest absolute Gasteiger partial charge is 0.250 e.